The molecule has 0 radical (unpaired) electrons. The van der Waals surface area contributed by atoms with E-state index < -0.39 is 0 Å². The summed E-state index contributed by atoms with van der Waals surface area (Å²) >= 11 is 7.94. The van der Waals surface area contributed by atoms with E-state index in [-0.39, 0.29) is 0 Å². The Morgan fingerprint density at radius 3 is 3.12 bits per heavy atom. The topological polar surface area (TPSA) is 28.3 Å². The zero-order chi connectivity index (χ0) is 17.0. The summed E-state index contributed by atoms with van der Waals surface area (Å²) in [5.41, 5.74) is 8.79. The number of nitrogens with one attached hydrogen (secondary N) is 1. The van der Waals surface area contributed by atoms with Crippen LogP contribution in [-0.2, 0) is 17.6 Å². The Hall–Kier alpha value is -1.26. The van der Waals surface area contributed by atoms with Crippen molar-refractivity contribution in [1.82, 2.24) is 9.88 Å². The minimum absolute atomic E-state index is 0.470. The summed E-state index contributed by atoms with van der Waals surface area (Å²) in [6.45, 7) is 1.11. The number of thioether (sulfide) groups is 1. The lowest BCUT2D eigenvalue weighted by Gasteiger charge is -2.40. The lowest BCUT2D eigenvalue weighted by molar-refractivity contribution is 0.224. The number of nitrogens with zero attached hydrogens (tertiary/aromatic N) is 1. The largest absolute Gasteiger partial charge is 0.496 e. The second kappa shape index (κ2) is 6.17. The van der Waals surface area contributed by atoms with Crippen molar-refractivity contribution in [1.29, 1.82) is 0 Å². The third-order valence-corrected chi connectivity index (χ3v) is 7.32. The molecule has 1 N–H and O–H groups in total. The van der Waals surface area contributed by atoms with Gasteiger partial charge in [-0.15, -0.1) is 23.4 Å². The molecule has 0 aromatic carbocycles. The molecule has 4 heterocycles. The van der Waals surface area contributed by atoms with Crippen molar-refractivity contribution in [2.45, 2.75) is 43.4 Å². The van der Waals surface area contributed by atoms with E-state index in [1.54, 1.807) is 18.2 Å². The monoisotopic (exact) mass is 374 g/mol. The Bertz CT molecular complexity index is 807. The van der Waals surface area contributed by atoms with Crippen molar-refractivity contribution in [2.75, 3.05) is 19.5 Å². The Labute approximate surface area is 158 Å². The van der Waals surface area contributed by atoms with Gasteiger partial charge < -0.3 is 14.6 Å². The van der Waals surface area contributed by atoms with Gasteiger partial charge in [-0.3, -0.25) is 0 Å². The zero-order valence-corrected chi connectivity index (χ0v) is 16.1. The van der Waals surface area contributed by atoms with Crippen molar-refractivity contribution in [3.63, 3.8) is 0 Å². The normalized spacial score (nSPS) is 26.8. The van der Waals surface area contributed by atoms with Gasteiger partial charge in [-0.25, -0.2) is 0 Å². The van der Waals surface area contributed by atoms with E-state index >= 15 is 0 Å². The number of aromatic amines is 1. The zero-order valence-electron chi connectivity index (χ0n) is 14.5. The molecule has 1 aromatic heterocycles. The first kappa shape index (κ1) is 16.0. The molecule has 5 heteroatoms. The number of rotatable bonds is 3. The van der Waals surface area contributed by atoms with E-state index in [9.17, 15) is 0 Å². The summed E-state index contributed by atoms with van der Waals surface area (Å²) in [4.78, 5) is 6.37. The van der Waals surface area contributed by atoms with E-state index in [2.05, 4.69) is 27.6 Å². The van der Waals surface area contributed by atoms with E-state index in [0.29, 0.717) is 17.2 Å². The standard InChI is InChI=1S/C20H23ClN2OS/c1-24-17-11-25-18-9-16-20-14(6-8-23(16)10-15(17)18)13-4-2-3-12(5-7-21)19(13)22-20/h3,10-11,16,18,22H,2,4-9H2,1H3/t16?,18-/m0/s1. The predicted octanol–water partition coefficient (Wildman–Crippen LogP) is 4.76. The van der Waals surface area contributed by atoms with Crippen LogP contribution in [0.1, 0.15) is 47.8 Å². The van der Waals surface area contributed by atoms with Gasteiger partial charge in [0.25, 0.3) is 0 Å². The highest BCUT2D eigenvalue weighted by Gasteiger charge is 2.40. The highest BCUT2D eigenvalue weighted by molar-refractivity contribution is 8.03. The number of methoxy groups -OCH3 is 1. The van der Waals surface area contributed by atoms with E-state index in [4.69, 9.17) is 16.3 Å². The Balaban J connectivity index is 1.52. The second-order valence-corrected chi connectivity index (χ2v) is 8.67. The van der Waals surface area contributed by atoms with Gasteiger partial charge in [-0.05, 0) is 48.8 Å². The first-order chi connectivity index (χ1) is 12.3. The number of ether oxygens (including phenoxy) is 1. The minimum atomic E-state index is 0.470. The lowest BCUT2D eigenvalue weighted by atomic mass is 9.86. The molecule has 0 amide bonds. The maximum atomic E-state index is 6.04. The van der Waals surface area contributed by atoms with Gasteiger partial charge in [-0.1, -0.05) is 6.08 Å². The van der Waals surface area contributed by atoms with Crippen LogP contribution in [0.15, 0.2) is 29.0 Å². The number of allylic oxidation sites excluding steroid dienone is 3. The van der Waals surface area contributed by atoms with Gasteiger partial charge >= 0.3 is 0 Å². The van der Waals surface area contributed by atoms with Crippen LogP contribution in [-0.4, -0.2) is 34.7 Å². The average Bonchev–Trinajstić information content (AvgIpc) is 3.21. The number of aromatic nitrogens is 1. The summed E-state index contributed by atoms with van der Waals surface area (Å²) in [7, 11) is 1.78. The number of fused-ring (bicyclic) bond motifs is 6. The number of H-pyrrole nitrogens is 1. The fourth-order valence-corrected chi connectivity index (χ4v) is 6.17. The number of alkyl halides is 1. The highest BCUT2D eigenvalue weighted by atomic mass is 35.5. The molecule has 3 aliphatic heterocycles. The molecule has 0 saturated carbocycles. The molecule has 0 bridgehead atoms. The third kappa shape index (κ3) is 2.41. The van der Waals surface area contributed by atoms with Crippen LogP contribution < -0.4 is 0 Å². The van der Waals surface area contributed by atoms with Crippen molar-refractivity contribution >= 4 is 28.9 Å². The van der Waals surface area contributed by atoms with Gasteiger partial charge in [0, 0.05) is 46.2 Å². The molecule has 0 fully saturated rings. The molecule has 4 aliphatic rings. The summed E-state index contributed by atoms with van der Waals surface area (Å²) in [6.07, 6.45) is 10.3. The number of hydrogen-bond acceptors (Lipinski definition) is 3. The van der Waals surface area contributed by atoms with Crippen LogP contribution in [0.5, 0.6) is 0 Å². The molecule has 1 aliphatic carbocycles. The van der Waals surface area contributed by atoms with E-state index in [1.807, 2.05) is 11.8 Å². The van der Waals surface area contributed by atoms with Crippen LogP contribution in [0.2, 0.25) is 0 Å². The van der Waals surface area contributed by atoms with Crippen LogP contribution in [0, 0.1) is 0 Å². The van der Waals surface area contributed by atoms with Crippen LogP contribution in [0.3, 0.4) is 0 Å². The average molecular weight is 375 g/mol. The molecule has 3 nitrogen and oxygen atoms in total. The fraction of sp³-hybridized carbons (Fsp3) is 0.500. The van der Waals surface area contributed by atoms with Crippen LogP contribution in [0.25, 0.3) is 5.57 Å². The number of hydrogen-bond donors (Lipinski definition) is 1. The van der Waals surface area contributed by atoms with Gasteiger partial charge in [-0.2, -0.15) is 0 Å². The molecular formula is C20H23ClN2OS. The SMILES string of the molecule is COC1=CS[C@H]2CC3c4[nH]c5c(c4CCN3C=C12)CCC=C5CCCl. The fourth-order valence-electron chi connectivity index (χ4n) is 4.83. The third-order valence-electron chi connectivity index (χ3n) is 6.01. The quantitative estimate of drug-likeness (QED) is 0.773. The minimum Gasteiger partial charge on any atom is -0.496 e. The molecule has 1 aromatic rings. The van der Waals surface area contributed by atoms with Crippen LogP contribution >= 0.6 is 23.4 Å². The predicted molar refractivity (Wildman–Crippen MR) is 105 cm³/mol. The summed E-state index contributed by atoms with van der Waals surface area (Å²) in [5.74, 6) is 1.75. The van der Waals surface area contributed by atoms with Gasteiger partial charge in [0.05, 0.1) is 13.2 Å². The molecular weight excluding hydrogens is 352 g/mol. The lowest BCUT2D eigenvalue weighted by Crippen LogP contribution is -2.37. The molecule has 0 saturated heterocycles. The second-order valence-electron chi connectivity index (χ2n) is 7.21. The molecule has 2 atom stereocenters. The maximum absolute atomic E-state index is 6.04. The Morgan fingerprint density at radius 1 is 1.36 bits per heavy atom. The Kier molecular flexibility index (Phi) is 3.94. The first-order valence-corrected chi connectivity index (χ1v) is 10.6. The van der Waals surface area contributed by atoms with E-state index in [0.717, 1.165) is 38.0 Å². The van der Waals surface area contributed by atoms with Gasteiger partial charge in [0.1, 0.15) is 5.76 Å². The van der Waals surface area contributed by atoms with Crippen molar-refractivity contribution in [3.8, 4) is 0 Å². The first-order valence-electron chi connectivity index (χ1n) is 9.16. The van der Waals surface area contributed by atoms with Gasteiger partial charge in [0.15, 0.2) is 0 Å². The number of halogens is 1. The smallest absolute Gasteiger partial charge is 0.130 e. The maximum Gasteiger partial charge on any atom is 0.130 e. The molecule has 132 valence electrons. The van der Waals surface area contributed by atoms with Crippen LogP contribution in [0.4, 0.5) is 0 Å². The highest BCUT2D eigenvalue weighted by Crippen LogP contribution is 2.49. The van der Waals surface area contributed by atoms with Crippen molar-refractivity contribution in [2.24, 2.45) is 0 Å². The Morgan fingerprint density at radius 2 is 2.28 bits per heavy atom. The van der Waals surface area contributed by atoms with Crippen molar-refractivity contribution in [3.05, 3.63) is 51.5 Å². The summed E-state index contributed by atoms with van der Waals surface area (Å²) in [6, 6.07) is 0.470. The molecule has 1 unspecified atom stereocenters. The van der Waals surface area contributed by atoms with Crippen molar-refractivity contribution < 1.29 is 4.74 Å². The van der Waals surface area contributed by atoms with E-state index in [1.165, 1.54) is 29.0 Å². The van der Waals surface area contributed by atoms with Gasteiger partial charge in [0.2, 0.25) is 0 Å². The molecule has 5 rings (SSSR count). The molecule has 0 spiro atoms. The summed E-state index contributed by atoms with van der Waals surface area (Å²) in [5, 5.41) is 2.71. The summed E-state index contributed by atoms with van der Waals surface area (Å²) < 4.78 is 5.55. The molecule has 25 heavy (non-hydrogen) atoms.